The van der Waals surface area contributed by atoms with Crippen molar-refractivity contribution in [1.29, 1.82) is 0 Å². The molecule has 1 amide bonds. The predicted molar refractivity (Wildman–Crippen MR) is 87.3 cm³/mol. The molecule has 0 aromatic heterocycles. The third-order valence-corrected chi connectivity index (χ3v) is 4.15. The fraction of sp³-hybridized carbons (Fsp3) is 0.588. The van der Waals surface area contributed by atoms with E-state index in [-0.39, 0.29) is 5.91 Å². The number of ether oxygens (including phenoxy) is 2. The normalized spacial score (nSPS) is 15.3. The van der Waals surface area contributed by atoms with Gasteiger partial charge in [0.05, 0.1) is 19.9 Å². The smallest absolute Gasteiger partial charge is 0.222 e. The molecule has 0 unspecified atom stereocenters. The summed E-state index contributed by atoms with van der Waals surface area (Å²) in [5.41, 5.74) is 7.52. The van der Waals surface area contributed by atoms with Crippen LogP contribution in [-0.2, 0) is 11.2 Å². The van der Waals surface area contributed by atoms with E-state index in [2.05, 4.69) is 0 Å². The number of nitrogens with zero attached hydrogens (tertiary/aromatic N) is 1. The number of benzene rings is 1. The van der Waals surface area contributed by atoms with Gasteiger partial charge in [0, 0.05) is 19.5 Å². The van der Waals surface area contributed by atoms with Crippen LogP contribution < -0.4 is 15.2 Å². The predicted octanol–water partition coefficient (Wildman–Crippen LogP) is 2.62. The molecule has 0 radical (unpaired) electrons. The lowest BCUT2D eigenvalue weighted by Crippen LogP contribution is -2.31. The molecule has 0 atom stereocenters. The fourth-order valence-electron chi connectivity index (χ4n) is 2.93. The number of nitrogens with two attached hydrogens (primary N) is 1. The fourth-order valence-corrected chi connectivity index (χ4v) is 2.93. The zero-order valence-electron chi connectivity index (χ0n) is 13.6. The van der Waals surface area contributed by atoms with Crippen LogP contribution >= 0.6 is 0 Å². The summed E-state index contributed by atoms with van der Waals surface area (Å²) in [7, 11) is 3.15. The Bertz CT molecular complexity index is 509. The van der Waals surface area contributed by atoms with E-state index in [0.29, 0.717) is 30.0 Å². The number of hydrogen-bond acceptors (Lipinski definition) is 4. The summed E-state index contributed by atoms with van der Waals surface area (Å²) < 4.78 is 10.5. The van der Waals surface area contributed by atoms with Gasteiger partial charge in [-0.1, -0.05) is 12.8 Å². The average Bonchev–Trinajstić information content (AvgIpc) is 2.81. The molecule has 2 N–H and O–H groups in total. The van der Waals surface area contributed by atoms with E-state index in [1.807, 2.05) is 17.0 Å². The minimum Gasteiger partial charge on any atom is -0.493 e. The van der Waals surface area contributed by atoms with Crippen LogP contribution in [0.2, 0.25) is 0 Å². The van der Waals surface area contributed by atoms with Gasteiger partial charge in [0.2, 0.25) is 5.91 Å². The summed E-state index contributed by atoms with van der Waals surface area (Å²) in [6.07, 6.45) is 5.88. The second-order valence-electron chi connectivity index (χ2n) is 5.72. The Kier molecular flexibility index (Phi) is 5.92. The maximum absolute atomic E-state index is 12.3. The van der Waals surface area contributed by atoms with Crippen LogP contribution in [0.5, 0.6) is 11.5 Å². The molecule has 1 aromatic carbocycles. The van der Waals surface area contributed by atoms with Gasteiger partial charge in [0.15, 0.2) is 11.5 Å². The molecule has 1 fully saturated rings. The van der Waals surface area contributed by atoms with Gasteiger partial charge in [-0.3, -0.25) is 4.79 Å². The summed E-state index contributed by atoms with van der Waals surface area (Å²) in [5, 5.41) is 0. The van der Waals surface area contributed by atoms with E-state index in [9.17, 15) is 4.79 Å². The maximum Gasteiger partial charge on any atom is 0.222 e. The number of methoxy groups -OCH3 is 2. The number of carbonyl (C=O) groups excluding carboxylic acids is 1. The highest BCUT2D eigenvalue weighted by Gasteiger charge is 2.16. The van der Waals surface area contributed by atoms with Crippen molar-refractivity contribution in [2.45, 2.75) is 38.5 Å². The van der Waals surface area contributed by atoms with Gasteiger partial charge in [-0.2, -0.15) is 0 Å². The molecule has 2 rings (SSSR count). The summed E-state index contributed by atoms with van der Waals surface area (Å²) in [6.45, 7) is 1.79. The Balaban J connectivity index is 1.98. The number of aryl methyl sites for hydroxylation is 1. The number of amides is 1. The SMILES string of the molecule is COc1cc(CCC(=O)N2CCCCCC2)cc(N)c1OC. The van der Waals surface area contributed by atoms with E-state index >= 15 is 0 Å². The summed E-state index contributed by atoms with van der Waals surface area (Å²) in [4.78, 5) is 14.3. The Hall–Kier alpha value is -1.91. The molecule has 1 aromatic rings. The molecule has 0 saturated carbocycles. The maximum atomic E-state index is 12.3. The van der Waals surface area contributed by atoms with Crippen molar-refractivity contribution in [1.82, 2.24) is 4.90 Å². The largest absolute Gasteiger partial charge is 0.493 e. The van der Waals surface area contributed by atoms with Crippen molar-refractivity contribution >= 4 is 11.6 Å². The molecule has 5 heteroatoms. The van der Waals surface area contributed by atoms with Crippen LogP contribution in [0.25, 0.3) is 0 Å². The molecule has 1 saturated heterocycles. The number of nitrogen functional groups attached to an aromatic ring is 1. The lowest BCUT2D eigenvalue weighted by atomic mass is 10.1. The molecule has 1 aliphatic heterocycles. The van der Waals surface area contributed by atoms with Crippen molar-refractivity contribution in [3.05, 3.63) is 17.7 Å². The Morgan fingerprint density at radius 3 is 2.41 bits per heavy atom. The van der Waals surface area contributed by atoms with Crippen LogP contribution in [0.3, 0.4) is 0 Å². The van der Waals surface area contributed by atoms with Crippen LogP contribution in [0, 0.1) is 0 Å². The molecule has 0 spiro atoms. The molecule has 1 heterocycles. The highest BCUT2D eigenvalue weighted by Crippen LogP contribution is 2.34. The lowest BCUT2D eigenvalue weighted by molar-refractivity contribution is -0.131. The third kappa shape index (κ3) is 4.06. The number of hydrogen-bond donors (Lipinski definition) is 1. The molecule has 0 aliphatic carbocycles. The lowest BCUT2D eigenvalue weighted by Gasteiger charge is -2.20. The quantitative estimate of drug-likeness (QED) is 0.849. The van der Waals surface area contributed by atoms with Gasteiger partial charge < -0.3 is 20.1 Å². The zero-order chi connectivity index (χ0) is 15.9. The number of carbonyl (C=O) groups is 1. The Morgan fingerprint density at radius 1 is 1.14 bits per heavy atom. The van der Waals surface area contributed by atoms with Crippen LogP contribution in [0.4, 0.5) is 5.69 Å². The molecular formula is C17H26N2O3. The second kappa shape index (κ2) is 7.92. The van der Waals surface area contributed by atoms with Gasteiger partial charge in [-0.25, -0.2) is 0 Å². The van der Waals surface area contributed by atoms with E-state index < -0.39 is 0 Å². The topological polar surface area (TPSA) is 64.8 Å². The standard InChI is InChI=1S/C17H26N2O3/c1-21-15-12-13(11-14(18)17(15)22-2)7-8-16(20)19-9-5-3-4-6-10-19/h11-12H,3-10,18H2,1-2H3. The van der Waals surface area contributed by atoms with Crippen molar-refractivity contribution in [3.8, 4) is 11.5 Å². The average molecular weight is 306 g/mol. The molecule has 122 valence electrons. The third-order valence-electron chi connectivity index (χ3n) is 4.15. The van der Waals surface area contributed by atoms with Gasteiger partial charge in [-0.15, -0.1) is 0 Å². The number of likely N-dealkylation sites (tertiary alicyclic amines) is 1. The first kappa shape index (κ1) is 16.5. The summed E-state index contributed by atoms with van der Waals surface area (Å²) in [5.74, 6) is 1.39. The van der Waals surface area contributed by atoms with E-state index in [1.54, 1.807) is 14.2 Å². The van der Waals surface area contributed by atoms with Gasteiger partial charge in [-0.05, 0) is 37.0 Å². The van der Waals surface area contributed by atoms with Crippen molar-refractivity contribution in [3.63, 3.8) is 0 Å². The van der Waals surface area contributed by atoms with Crippen LogP contribution in [0.15, 0.2) is 12.1 Å². The van der Waals surface area contributed by atoms with Crippen molar-refractivity contribution in [2.75, 3.05) is 33.0 Å². The highest BCUT2D eigenvalue weighted by atomic mass is 16.5. The molecule has 0 bridgehead atoms. The summed E-state index contributed by atoms with van der Waals surface area (Å²) in [6, 6.07) is 3.75. The first-order valence-corrected chi connectivity index (χ1v) is 7.94. The minimum absolute atomic E-state index is 0.232. The minimum atomic E-state index is 0.232. The monoisotopic (exact) mass is 306 g/mol. The van der Waals surface area contributed by atoms with E-state index in [4.69, 9.17) is 15.2 Å². The molecule has 1 aliphatic rings. The molecule has 5 nitrogen and oxygen atoms in total. The second-order valence-corrected chi connectivity index (χ2v) is 5.72. The van der Waals surface area contributed by atoms with E-state index in [0.717, 1.165) is 31.5 Å². The Labute approximate surface area is 132 Å². The van der Waals surface area contributed by atoms with Crippen molar-refractivity contribution in [2.24, 2.45) is 0 Å². The first-order chi connectivity index (χ1) is 10.7. The highest BCUT2D eigenvalue weighted by molar-refractivity contribution is 5.76. The van der Waals surface area contributed by atoms with Gasteiger partial charge in [0.25, 0.3) is 0 Å². The van der Waals surface area contributed by atoms with Gasteiger partial charge >= 0.3 is 0 Å². The first-order valence-electron chi connectivity index (χ1n) is 7.94. The van der Waals surface area contributed by atoms with Crippen LogP contribution in [0.1, 0.15) is 37.7 Å². The molecular weight excluding hydrogens is 280 g/mol. The van der Waals surface area contributed by atoms with Crippen LogP contribution in [-0.4, -0.2) is 38.1 Å². The van der Waals surface area contributed by atoms with Crippen molar-refractivity contribution < 1.29 is 14.3 Å². The van der Waals surface area contributed by atoms with E-state index in [1.165, 1.54) is 12.8 Å². The number of anilines is 1. The molecule has 22 heavy (non-hydrogen) atoms. The van der Waals surface area contributed by atoms with Gasteiger partial charge in [0.1, 0.15) is 0 Å². The Morgan fingerprint density at radius 2 is 1.82 bits per heavy atom. The summed E-state index contributed by atoms with van der Waals surface area (Å²) >= 11 is 0. The zero-order valence-corrected chi connectivity index (χ0v) is 13.6. The number of rotatable bonds is 5.